The largest absolute Gasteiger partial charge is 0.466 e. The van der Waals surface area contributed by atoms with Crippen LogP contribution in [-0.2, 0) is 26.9 Å². The van der Waals surface area contributed by atoms with Crippen LogP contribution in [0.2, 0.25) is 0 Å². The fraction of sp³-hybridized carbons (Fsp3) is 0.486. The molecule has 1 N–H and O–H groups in total. The Kier molecular flexibility index (Phi) is 12.9. The number of pyridine rings is 1. The molecular formula is C37H46F5N3O4. The van der Waals surface area contributed by atoms with Gasteiger partial charge in [-0.05, 0) is 119 Å². The molecule has 49 heavy (non-hydrogen) atoms. The number of hydrogen-bond acceptors (Lipinski definition) is 5. The Morgan fingerprint density at radius 1 is 0.939 bits per heavy atom. The zero-order chi connectivity index (χ0) is 37.0. The number of likely N-dealkylation sites (N-methyl/N-ethyl adjacent to an activating group) is 1. The molecule has 1 aromatic heterocycles. The molecule has 0 aliphatic carbocycles. The van der Waals surface area contributed by atoms with Crippen molar-refractivity contribution in [3.05, 3.63) is 91.4 Å². The van der Waals surface area contributed by atoms with Crippen LogP contribution >= 0.6 is 0 Å². The minimum atomic E-state index is -4.63. The van der Waals surface area contributed by atoms with E-state index >= 15 is 8.78 Å². The fourth-order valence-corrected chi connectivity index (χ4v) is 6.05. The Balaban J connectivity index is 2.21. The van der Waals surface area contributed by atoms with Crippen molar-refractivity contribution in [2.45, 2.75) is 86.0 Å². The van der Waals surface area contributed by atoms with Gasteiger partial charge in [0.2, 0.25) is 5.91 Å². The Bertz CT molecular complexity index is 1720. The summed E-state index contributed by atoms with van der Waals surface area (Å²) in [5.41, 5.74) is -0.260. The van der Waals surface area contributed by atoms with Crippen molar-refractivity contribution < 1.29 is 36.3 Å². The summed E-state index contributed by atoms with van der Waals surface area (Å²) in [6, 6.07) is 1.75. The number of ether oxygens (including phenoxy) is 1. The molecule has 0 radical (unpaired) electrons. The van der Waals surface area contributed by atoms with Gasteiger partial charge >= 0.3 is 12.1 Å². The Hall–Kier alpha value is -4.06. The second-order valence-corrected chi connectivity index (χ2v) is 13.3. The molecule has 0 saturated heterocycles. The summed E-state index contributed by atoms with van der Waals surface area (Å²) >= 11 is 0. The summed E-state index contributed by atoms with van der Waals surface area (Å²) in [5, 5.41) is 2.65. The first-order chi connectivity index (χ1) is 22.8. The van der Waals surface area contributed by atoms with Gasteiger partial charge in [0.05, 0.1) is 24.6 Å². The normalized spacial score (nSPS) is 13.1. The van der Waals surface area contributed by atoms with Crippen LogP contribution < -0.4 is 10.9 Å². The van der Waals surface area contributed by atoms with Crippen LogP contribution in [0.4, 0.5) is 22.0 Å². The van der Waals surface area contributed by atoms with E-state index in [-0.39, 0.29) is 46.8 Å². The van der Waals surface area contributed by atoms with Crippen LogP contribution in [0.1, 0.15) is 84.6 Å². The molecule has 1 unspecified atom stereocenters. The molecule has 3 rings (SSSR count). The highest BCUT2D eigenvalue weighted by Gasteiger charge is 2.34. The standard InChI is InChI=1S/C37H46F5N3O4/c1-10-49-31(47)18-28(43-36(48)29(13-20(2)3)45-19-25(11-12-44(8)9)21(4)17-30(45)46)33-34(38)24(7)16-27(35(33)39)32-22(5)14-26(15-23(32)6)37(40,41)42/h14-17,19-20,28-29H,10-13,18H2,1-9H3,(H,43,48)/t28-,29?/m0/s1. The van der Waals surface area contributed by atoms with E-state index in [9.17, 15) is 27.6 Å². The number of hydrogen-bond donors (Lipinski definition) is 1. The third-order valence-corrected chi connectivity index (χ3v) is 8.44. The van der Waals surface area contributed by atoms with E-state index < -0.39 is 64.9 Å². The third-order valence-electron chi connectivity index (χ3n) is 8.44. The number of benzene rings is 2. The number of halogens is 5. The van der Waals surface area contributed by atoms with Gasteiger partial charge in [-0.1, -0.05) is 13.8 Å². The minimum absolute atomic E-state index is 0.0298. The molecule has 0 bridgehead atoms. The van der Waals surface area contributed by atoms with Crippen molar-refractivity contribution in [1.29, 1.82) is 0 Å². The molecule has 268 valence electrons. The smallest absolute Gasteiger partial charge is 0.416 e. The zero-order valence-corrected chi connectivity index (χ0v) is 29.6. The number of esters is 1. The number of rotatable bonds is 13. The summed E-state index contributed by atoms with van der Waals surface area (Å²) in [5.74, 6) is -3.83. The summed E-state index contributed by atoms with van der Waals surface area (Å²) in [4.78, 5) is 42.2. The van der Waals surface area contributed by atoms with E-state index in [1.165, 1.54) is 37.5 Å². The lowest BCUT2D eigenvalue weighted by Crippen LogP contribution is -2.41. The number of carbonyl (C=O) groups excluding carboxylic acids is 2. The number of nitrogens with one attached hydrogen (secondary N) is 1. The fourth-order valence-electron chi connectivity index (χ4n) is 6.05. The van der Waals surface area contributed by atoms with E-state index in [4.69, 9.17) is 4.74 Å². The van der Waals surface area contributed by atoms with Gasteiger partial charge in [-0.25, -0.2) is 8.78 Å². The number of aryl methyl sites for hydroxylation is 4. The molecule has 0 aliphatic rings. The van der Waals surface area contributed by atoms with Crippen molar-refractivity contribution in [2.24, 2.45) is 5.92 Å². The van der Waals surface area contributed by atoms with E-state index in [0.29, 0.717) is 13.0 Å². The molecule has 12 heteroatoms. The van der Waals surface area contributed by atoms with Crippen LogP contribution in [0.5, 0.6) is 0 Å². The Morgan fingerprint density at radius 2 is 1.55 bits per heavy atom. The van der Waals surface area contributed by atoms with Gasteiger partial charge in [-0.2, -0.15) is 13.2 Å². The topological polar surface area (TPSA) is 80.6 Å². The van der Waals surface area contributed by atoms with Crippen LogP contribution in [0.3, 0.4) is 0 Å². The molecule has 2 atom stereocenters. The van der Waals surface area contributed by atoms with Crippen molar-refractivity contribution in [1.82, 2.24) is 14.8 Å². The monoisotopic (exact) mass is 691 g/mol. The molecule has 0 saturated carbocycles. The maximum absolute atomic E-state index is 16.7. The highest BCUT2D eigenvalue weighted by Crippen LogP contribution is 2.40. The van der Waals surface area contributed by atoms with Gasteiger partial charge in [-0.3, -0.25) is 14.4 Å². The number of alkyl halides is 3. The first kappa shape index (κ1) is 39.4. The lowest BCUT2D eigenvalue weighted by molar-refractivity contribution is -0.144. The number of nitrogens with zero attached hydrogens (tertiary/aromatic N) is 2. The first-order valence-electron chi connectivity index (χ1n) is 16.3. The molecule has 0 aliphatic heterocycles. The predicted molar refractivity (Wildman–Crippen MR) is 179 cm³/mol. The molecule has 7 nitrogen and oxygen atoms in total. The van der Waals surface area contributed by atoms with Gasteiger partial charge in [-0.15, -0.1) is 0 Å². The van der Waals surface area contributed by atoms with Crippen molar-refractivity contribution in [3.63, 3.8) is 0 Å². The van der Waals surface area contributed by atoms with Gasteiger partial charge in [0.15, 0.2) is 0 Å². The van der Waals surface area contributed by atoms with Crippen LogP contribution in [0, 0.1) is 45.2 Å². The van der Waals surface area contributed by atoms with E-state index in [2.05, 4.69) is 5.32 Å². The number of carbonyl (C=O) groups is 2. The predicted octanol–water partition coefficient (Wildman–Crippen LogP) is 7.55. The third kappa shape index (κ3) is 9.55. The highest BCUT2D eigenvalue weighted by atomic mass is 19.4. The lowest BCUT2D eigenvalue weighted by atomic mass is 9.88. The number of aromatic nitrogens is 1. The second kappa shape index (κ2) is 16.1. The summed E-state index contributed by atoms with van der Waals surface area (Å²) in [7, 11) is 3.83. The average Bonchev–Trinajstić information content (AvgIpc) is 2.97. The Labute approximate surface area is 284 Å². The van der Waals surface area contributed by atoms with Crippen molar-refractivity contribution in [3.8, 4) is 11.1 Å². The average molecular weight is 692 g/mol. The van der Waals surface area contributed by atoms with Gasteiger partial charge in [0.1, 0.15) is 17.7 Å². The summed E-state index contributed by atoms with van der Waals surface area (Å²) in [6.07, 6.45) is -2.85. The highest BCUT2D eigenvalue weighted by molar-refractivity contribution is 5.82. The molecule has 1 amide bonds. The molecule has 2 aromatic carbocycles. The van der Waals surface area contributed by atoms with Gasteiger partial charge < -0.3 is 19.5 Å². The van der Waals surface area contributed by atoms with Crippen molar-refractivity contribution in [2.75, 3.05) is 27.2 Å². The number of amides is 1. The minimum Gasteiger partial charge on any atom is -0.466 e. The van der Waals surface area contributed by atoms with E-state index in [0.717, 1.165) is 23.3 Å². The summed E-state index contributed by atoms with van der Waals surface area (Å²) < 4.78 is 79.6. The molecule has 3 aromatic rings. The quantitative estimate of drug-likeness (QED) is 0.148. The second-order valence-electron chi connectivity index (χ2n) is 13.3. The van der Waals surface area contributed by atoms with E-state index in [1.807, 2.05) is 39.8 Å². The molecular weight excluding hydrogens is 645 g/mol. The van der Waals surface area contributed by atoms with Crippen LogP contribution in [0.15, 0.2) is 35.3 Å². The van der Waals surface area contributed by atoms with Gasteiger partial charge in [0, 0.05) is 29.9 Å². The maximum Gasteiger partial charge on any atom is 0.416 e. The molecule has 1 heterocycles. The van der Waals surface area contributed by atoms with Crippen LogP contribution in [0.25, 0.3) is 11.1 Å². The summed E-state index contributed by atoms with van der Waals surface area (Å²) in [6.45, 7) is 11.9. The SMILES string of the molecule is CCOC(=O)C[C@H](NC(=O)C(CC(C)C)n1cc(CCN(C)C)c(C)cc1=O)c1c(F)c(C)cc(-c2c(C)cc(C(F)(F)F)cc2C)c1F. The lowest BCUT2D eigenvalue weighted by Gasteiger charge is -2.27. The maximum atomic E-state index is 16.7. The first-order valence-corrected chi connectivity index (χ1v) is 16.3. The molecule has 0 fully saturated rings. The van der Waals surface area contributed by atoms with Crippen molar-refractivity contribution >= 4 is 11.9 Å². The van der Waals surface area contributed by atoms with E-state index in [1.54, 1.807) is 13.1 Å². The van der Waals surface area contributed by atoms with Gasteiger partial charge in [0.25, 0.3) is 5.56 Å². The Morgan fingerprint density at radius 3 is 2.08 bits per heavy atom. The molecule has 0 spiro atoms. The zero-order valence-electron chi connectivity index (χ0n) is 29.6. The van der Waals surface area contributed by atoms with Crippen LogP contribution in [-0.4, -0.2) is 48.6 Å².